The SMILES string of the molecule is CCOc1cc([C@H](N)CN)ccc1OCc1ccccc1. The lowest BCUT2D eigenvalue weighted by molar-refractivity contribution is 0.269. The van der Waals surface area contributed by atoms with Crippen LogP contribution >= 0.6 is 0 Å². The molecule has 21 heavy (non-hydrogen) atoms. The average Bonchev–Trinajstić information content (AvgIpc) is 2.54. The Morgan fingerprint density at radius 2 is 1.76 bits per heavy atom. The number of benzene rings is 2. The first-order chi connectivity index (χ1) is 10.2. The fourth-order valence-corrected chi connectivity index (χ4v) is 2.01. The molecule has 0 aliphatic carbocycles. The van der Waals surface area contributed by atoms with Crippen molar-refractivity contribution < 1.29 is 9.47 Å². The third-order valence-corrected chi connectivity index (χ3v) is 3.19. The first-order valence-electron chi connectivity index (χ1n) is 7.13. The van der Waals surface area contributed by atoms with Crippen molar-refractivity contribution in [3.63, 3.8) is 0 Å². The van der Waals surface area contributed by atoms with Gasteiger partial charge in [-0.1, -0.05) is 36.4 Å². The van der Waals surface area contributed by atoms with Crippen LogP contribution in [-0.2, 0) is 6.61 Å². The van der Waals surface area contributed by atoms with Crippen molar-refractivity contribution in [2.45, 2.75) is 19.6 Å². The van der Waals surface area contributed by atoms with Gasteiger partial charge in [0, 0.05) is 12.6 Å². The normalized spacial score (nSPS) is 12.0. The standard InChI is InChI=1S/C17H22N2O2/c1-2-20-17-10-14(15(19)11-18)8-9-16(17)21-12-13-6-4-3-5-7-13/h3-10,15H,2,11-12,18-19H2,1H3/t15-/m1/s1. The molecule has 4 N–H and O–H groups in total. The third kappa shape index (κ3) is 4.21. The molecule has 0 fully saturated rings. The Morgan fingerprint density at radius 1 is 1.00 bits per heavy atom. The summed E-state index contributed by atoms with van der Waals surface area (Å²) in [5, 5.41) is 0. The van der Waals surface area contributed by atoms with Gasteiger partial charge in [0.15, 0.2) is 11.5 Å². The zero-order chi connectivity index (χ0) is 15.1. The van der Waals surface area contributed by atoms with Crippen LogP contribution in [-0.4, -0.2) is 13.2 Å². The van der Waals surface area contributed by atoms with Crippen molar-refractivity contribution in [2.75, 3.05) is 13.2 Å². The van der Waals surface area contributed by atoms with Gasteiger partial charge in [-0.2, -0.15) is 0 Å². The molecule has 0 unspecified atom stereocenters. The van der Waals surface area contributed by atoms with Gasteiger partial charge in [-0.25, -0.2) is 0 Å². The summed E-state index contributed by atoms with van der Waals surface area (Å²) in [6, 6.07) is 15.6. The van der Waals surface area contributed by atoms with Crippen LogP contribution in [0.3, 0.4) is 0 Å². The van der Waals surface area contributed by atoms with E-state index in [4.69, 9.17) is 20.9 Å². The summed E-state index contributed by atoms with van der Waals surface area (Å²) in [5.74, 6) is 1.42. The second-order valence-corrected chi connectivity index (χ2v) is 4.76. The minimum Gasteiger partial charge on any atom is -0.490 e. The Bertz CT molecular complexity index is 558. The molecule has 0 spiro atoms. The molecule has 0 aliphatic heterocycles. The van der Waals surface area contributed by atoms with Crippen molar-refractivity contribution in [1.29, 1.82) is 0 Å². The van der Waals surface area contributed by atoms with Gasteiger partial charge in [0.05, 0.1) is 6.61 Å². The van der Waals surface area contributed by atoms with Crippen LogP contribution in [0.25, 0.3) is 0 Å². The van der Waals surface area contributed by atoms with Crippen LogP contribution in [0.15, 0.2) is 48.5 Å². The molecule has 0 amide bonds. The molecule has 4 nitrogen and oxygen atoms in total. The fraction of sp³-hybridized carbons (Fsp3) is 0.294. The lowest BCUT2D eigenvalue weighted by Crippen LogP contribution is -2.20. The molecule has 0 saturated carbocycles. The fourth-order valence-electron chi connectivity index (χ4n) is 2.01. The molecule has 0 bridgehead atoms. The average molecular weight is 286 g/mol. The molecule has 2 aromatic carbocycles. The summed E-state index contributed by atoms with van der Waals surface area (Å²) in [5.41, 5.74) is 13.6. The van der Waals surface area contributed by atoms with Gasteiger partial charge < -0.3 is 20.9 Å². The van der Waals surface area contributed by atoms with Crippen LogP contribution < -0.4 is 20.9 Å². The van der Waals surface area contributed by atoms with E-state index >= 15 is 0 Å². The maximum atomic E-state index is 5.95. The van der Waals surface area contributed by atoms with E-state index in [2.05, 4.69) is 0 Å². The number of hydrogen-bond acceptors (Lipinski definition) is 4. The Morgan fingerprint density at radius 3 is 2.43 bits per heavy atom. The highest BCUT2D eigenvalue weighted by Crippen LogP contribution is 2.30. The molecule has 1 atom stereocenters. The first-order valence-corrected chi connectivity index (χ1v) is 7.13. The van der Waals surface area contributed by atoms with Crippen molar-refractivity contribution >= 4 is 0 Å². The van der Waals surface area contributed by atoms with E-state index in [-0.39, 0.29) is 6.04 Å². The van der Waals surface area contributed by atoms with E-state index in [0.717, 1.165) is 11.1 Å². The Hall–Kier alpha value is -2.04. The lowest BCUT2D eigenvalue weighted by atomic mass is 10.1. The van der Waals surface area contributed by atoms with Crippen molar-refractivity contribution in [2.24, 2.45) is 11.5 Å². The largest absolute Gasteiger partial charge is 0.490 e. The molecular formula is C17H22N2O2. The molecule has 0 saturated heterocycles. The Kier molecular flexibility index (Phi) is 5.60. The van der Waals surface area contributed by atoms with Gasteiger partial charge >= 0.3 is 0 Å². The highest BCUT2D eigenvalue weighted by molar-refractivity contribution is 5.44. The van der Waals surface area contributed by atoms with Crippen LogP contribution in [0.5, 0.6) is 11.5 Å². The number of hydrogen-bond donors (Lipinski definition) is 2. The summed E-state index contributed by atoms with van der Waals surface area (Å²) in [6.45, 7) is 3.42. The summed E-state index contributed by atoms with van der Waals surface area (Å²) in [7, 11) is 0. The number of nitrogens with two attached hydrogens (primary N) is 2. The second-order valence-electron chi connectivity index (χ2n) is 4.76. The summed E-state index contributed by atoms with van der Waals surface area (Å²) in [4.78, 5) is 0. The van der Waals surface area contributed by atoms with E-state index in [1.165, 1.54) is 0 Å². The monoisotopic (exact) mass is 286 g/mol. The molecule has 2 aromatic rings. The molecule has 0 aromatic heterocycles. The van der Waals surface area contributed by atoms with Crippen LogP contribution in [0.1, 0.15) is 24.1 Å². The van der Waals surface area contributed by atoms with Gasteiger partial charge in [0.25, 0.3) is 0 Å². The molecular weight excluding hydrogens is 264 g/mol. The molecule has 0 radical (unpaired) electrons. The zero-order valence-corrected chi connectivity index (χ0v) is 12.3. The smallest absolute Gasteiger partial charge is 0.161 e. The lowest BCUT2D eigenvalue weighted by Gasteiger charge is -2.15. The quantitative estimate of drug-likeness (QED) is 0.821. The topological polar surface area (TPSA) is 70.5 Å². The maximum absolute atomic E-state index is 5.95. The molecule has 2 rings (SSSR count). The number of ether oxygens (including phenoxy) is 2. The Labute approximate surface area is 125 Å². The summed E-state index contributed by atoms with van der Waals surface area (Å²) in [6.07, 6.45) is 0. The minimum atomic E-state index is -0.188. The Balaban J connectivity index is 2.14. The van der Waals surface area contributed by atoms with Crippen LogP contribution in [0, 0.1) is 0 Å². The summed E-state index contributed by atoms with van der Waals surface area (Å²) >= 11 is 0. The van der Waals surface area contributed by atoms with E-state index in [0.29, 0.717) is 31.3 Å². The van der Waals surface area contributed by atoms with Crippen LogP contribution in [0.2, 0.25) is 0 Å². The van der Waals surface area contributed by atoms with E-state index in [1.54, 1.807) is 0 Å². The third-order valence-electron chi connectivity index (χ3n) is 3.19. The predicted octanol–water partition coefficient (Wildman–Crippen LogP) is 2.62. The molecule has 0 heterocycles. The van der Waals surface area contributed by atoms with Crippen molar-refractivity contribution in [3.05, 3.63) is 59.7 Å². The molecule has 4 heteroatoms. The van der Waals surface area contributed by atoms with Gasteiger partial charge in [-0.05, 0) is 30.2 Å². The zero-order valence-electron chi connectivity index (χ0n) is 12.3. The van der Waals surface area contributed by atoms with E-state index in [9.17, 15) is 0 Å². The van der Waals surface area contributed by atoms with Gasteiger partial charge in [0.2, 0.25) is 0 Å². The van der Waals surface area contributed by atoms with Crippen LogP contribution in [0.4, 0.5) is 0 Å². The second kappa shape index (κ2) is 7.67. The minimum absolute atomic E-state index is 0.188. The highest BCUT2D eigenvalue weighted by Gasteiger charge is 2.10. The van der Waals surface area contributed by atoms with Gasteiger partial charge in [0.1, 0.15) is 6.61 Å². The number of rotatable bonds is 7. The van der Waals surface area contributed by atoms with E-state index < -0.39 is 0 Å². The highest BCUT2D eigenvalue weighted by atomic mass is 16.5. The van der Waals surface area contributed by atoms with Gasteiger partial charge in [-0.3, -0.25) is 0 Å². The van der Waals surface area contributed by atoms with Crippen molar-refractivity contribution in [3.8, 4) is 11.5 Å². The van der Waals surface area contributed by atoms with Gasteiger partial charge in [-0.15, -0.1) is 0 Å². The first kappa shape index (κ1) is 15.4. The predicted molar refractivity (Wildman–Crippen MR) is 84.4 cm³/mol. The molecule has 112 valence electrons. The van der Waals surface area contributed by atoms with E-state index in [1.807, 2.05) is 55.5 Å². The summed E-state index contributed by atoms with van der Waals surface area (Å²) < 4.78 is 11.5. The van der Waals surface area contributed by atoms with Crippen molar-refractivity contribution in [1.82, 2.24) is 0 Å². The molecule has 0 aliphatic rings. The maximum Gasteiger partial charge on any atom is 0.161 e.